The second-order valence-corrected chi connectivity index (χ2v) is 6.76. The minimum atomic E-state index is 0. The SMILES string of the molecule is COc1ccc(N2CCN(c3ncnc4c3[nH]c3ccccc34)CC2)cc1.Cl. The summed E-state index contributed by atoms with van der Waals surface area (Å²) in [6.07, 6.45) is 1.67. The summed E-state index contributed by atoms with van der Waals surface area (Å²) in [5.74, 6) is 1.88. The normalized spacial score (nSPS) is 14.3. The predicted molar refractivity (Wildman–Crippen MR) is 116 cm³/mol. The van der Waals surface area contributed by atoms with E-state index in [9.17, 15) is 0 Å². The van der Waals surface area contributed by atoms with Crippen LogP contribution in [0.3, 0.4) is 0 Å². The van der Waals surface area contributed by atoms with Crippen LogP contribution in [0.25, 0.3) is 21.9 Å². The van der Waals surface area contributed by atoms with Crippen LogP contribution in [-0.2, 0) is 0 Å². The van der Waals surface area contributed by atoms with Crippen molar-refractivity contribution in [2.75, 3.05) is 43.1 Å². The van der Waals surface area contributed by atoms with Crippen LogP contribution in [0.5, 0.6) is 5.75 Å². The number of nitrogens with one attached hydrogen (secondary N) is 1. The molecule has 3 heterocycles. The van der Waals surface area contributed by atoms with Gasteiger partial charge >= 0.3 is 0 Å². The van der Waals surface area contributed by atoms with E-state index in [1.165, 1.54) is 5.69 Å². The quantitative estimate of drug-likeness (QED) is 0.570. The third-order valence-corrected chi connectivity index (χ3v) is 5.29. The highest BCUT2D eigenvalue weighted by Crippen LogP contribution is 2.30. The van der Waals surface area contributed by atoms with E-state index in [4.69, 9.17) is 4.74 Å². The highest BCUT2D eigenvalue weighted by molar-refractivity contribution is 6.08. The molecule has 5 rings (SSSR count). The van der Waals surface area contributed by atoms with Gasteiger partial charge in [0.25, 0.3) is 0 Å². The number of anilines is 2. The minimum Gasteiger partial charge on any atom is -0.497 e. The Kier molecular flexibility index (Phi) is 4.96. The zero-order valence-electron chi connectivity index (χ0n) is 15.6. The summed E-state index contributed by atoms with van der Waals surface area (Å²) in [6, 6.07) is 16.5. The third kappa shape index (κ3) is 3.10. The van der Waals surface area contributed by atoms with Crippen molar-refractivity contribution < 1.29 is 4.74 Å². The van der Waals surface area contributed by atoms with Crippen molar-refractivity contribution in [1.29, 1.82) is 0 Å². The van der Waals surface area contributed by atoms with Crippen LogP contribution in [0.1, 0.15) is 0 Å². The predicted octanol–water partition coefficient (Wildman–Crippen LogP) is 3.87. The van der Waals surface area contributed by atoms with Crippen molar-refractivity contribution in [3.05, 3.63) is 54.9 Å². The molecule has 1 fully saturated rings. The largest absolute Gasteiger partial charge is 0.497 e. The number of piperazine rings is 1. The highest BCUT2D eigenvalue weighted by atomic mass is 35.5. The molecule has 6 nitrogen and oxygen atoms in total. The lowest BCUT2D eigenvalue weighted by molar-refractivity contribution is 0.415. The van der Waals surface area contributed by atoms with Gasteiger partial charge in [0, 0.05) is 42.8 Å². The first-order valence-electron chi connectivity index (χ1n) is 9.19. The van der Waals surface area contributed by atoms with Gasteiger partial charge < -0.3 is 19.5 Å². The van der Waals surface area contributed by atoms with Gasteiger partial charge in [0.05, 0.1) is 7.11 Å². The molecule has 0 amide bonds. The second-order valence-electron chi connectivity index (χ2n) is 6.76. The molecule has 0 aliphatic carbocycles. The lowest BCUT2D eigenvalue weighted by Gasteiger charge is -2.36. The lowest BCUT2D eigenvalue weighted by atomic mass is 10.2. The van der Waals surface area contributed by atoms with E-state index >= 15 is 0 Å². The fourth-order valence-corrected chi connectivity index (χ4v) is 3.84. The molecule has 0 unspecified atom stereocenters. The number of para-hydroxylation sites is 1. The summed E-state index contributed by atoms with van der Waals surface area (Å²) in [7, 11) is 1.69. The van der Waals surface area contributed by atoms with Crippen molar-refractivity contribution >= 4 is 45.8 Å². The van der Waals surface area contributed by atoms with Gasteiger partial charge in [0.15, 0.2) is 5.82 Å². The number of rotatable bonds is 3. The second kappa shape index (κ2) is 7.56. The van der Waals surface area contributed by atoms with Crippen molar-refractivity contribution in [2.24, 2.45) is 0 Å². The molecular formula is C21H22ClN5O. The summed E-state index contributed by atoms with van der Waals surface area (Å²) in [6.45, 7) is 3.76. The molecule has 7 heteroatoms. The molecule has 2 aromatic heterocycles. The van der Waals surface area contributed by atoms with Gasteiger partial charge in [0.1, 0.15) is 23.1 Å². The van der Waals surface area contributed by atoms with Gasteiger partial charge in [-0.1, -0.05) is 18.2 Å². The molecule has 1 saturated heterocycles. The number of fused-ring (bicyclic) bond motifs is 3. The van der Waals surface area contributed by atoms with Crippen molar-refractivity contribution in [3.8, 4) is 5.75 Å². The highest BCUT2D eigenvalue weighted by Gasteiger charge is 2.21. The number of ether oxygens (including phenoxy) is 1. The van der Waals surface area contributed by atoms with E-state index in [-0.39, 0.29) is 12.4 Å². The number of benzene rings is 2. The Bertz CT molecular complexity index is 1090. The Morgan fingerprint density at radius 1 is 0.893 bits per heavy atom. The molecule has 0 atom stereocenters. The van der Waals surface area contributed by atoms with Gasteiger partial charge in [-0.2, -0.15) is 0 Å². The van der Waals surface area contributed by atoms with E-state index in [1.807, 2.05) is 24.3 Å². The first-order chi connectivity index (χ1) is 13.3. The molecule has 1 N–H and O–H groups in total. The summed E-state index contributed by atoms with van der Waals surface area (Å²) in [4.78, 5) is 17.4. The third-order valence-electron chi connectivity index (χ3n) is 5.29. The molecule has 0 bridgehead atoms. The first-order valence-corrected chi connectivity index (χ1v) is 9.19. The number of methoxy groups -OCH3 is 1. The molecule has 4 aromatic rings. The van der Waals surface area contributed by atoms with Gasteiger partial charge in [-0.3, -0.25) is 0 Å². The number of hydrogen-bond acceptors (Lipinski definition) is 5. The summed E-state index contributed by atoms with van der Waals surface area (Å²) >= 11 is 0. The van der Waals surface area contributed by atoms with E-state index in [0.29, 0.717) is 0 Å². The fraction of sp³-hybridized carbons (Fsp3) is 0.238. The molecule has 0 radical (unpaired) electrons. The standard InChI is InChI=1S/C21H21N5O.ClH/c1-27-16-8-6-15(7-9-16)25-10-12-26(13-11-25)21-20-19(22-14-23-21)17-4-2-3-5-18(17)24-20;/h2-9,14,24H,10-13H2,1H3;1H. The van der Waals surface area contributed by atoms with Gasteiger partial charge in [0.2, 0.25) is 0 Å². The minimum absolute atomic E-state index is 0. The number of halogens is 1. The van der Waals surface area contributed by atoms with Crippen molar-refractivity contribution in [1.82, 2.24) is 15.0 Å². The Hall–Kier alpha value is -2.99. The Balaban J connectivity index is 0.00000192. The zero-order valence-corrected chi connectivity index (χ0v) is 16.4. The molecule has 144 valence electrons. The molecule has 0 spiro atoms. The van der Waals surface area contributed by atoms with E-state index in [2.05, 4.69) is 49.0 Å². The Morgan fingerprint density at radius 2 is 1.61 bits per heavy atom. The molecule has 1 aliphatic heterocycles. The van der Waals surface area contributed by atoms with E-state index in [0.717, 1.165) is 59.7 Å². The summed E-state index contributed by atoms with van der Waals surface area (Å²) in [5.41, 5.74) is 4.35. The van der Waals surface area contributed by atoms with Crippen LogP contribution in [0.4, 0.5) is 11.5 Å². The van der Waals surface area contributed by atoms with Crippen LogP contribution in [-0.4, -0.2) is 48.2 Å². The summed E-state index contributed by atoms with van der Waals surface area (Å²) in [5, 5.41) is 1.15. The van der Waals surface area contributed by atoms with E-state index in [1.54, 1.807) is 13.4 Å². The Morgan fingerprint density at radius 3 is 2.36 bits per heavy atom. The van der Waals surface area contributed by atoms with E-state index < -0.39 is 0 Å². The fourth-order valence-electron chi connectivity index (χ4n) is 3.84. The van der Waals surface area contributed by atoms with Crippen LogP contribution in [0, 0.1) is 0 Å². The van der Waals surface area contributed by atoms with Crippen LogP contribution < -0.4 is 14.5 Å². The first kappa shape index (κ1) is 18.4. The molecule has 2 aromatic carbocycles. The van der Waals surface area contributed by atoms with Crippen LogP contribution in [0.15, 0.2) is 54.9 Å². The Labute approximate surface area is 169 Å². The zero-order chi connectivity index (χ0) is 18.2. The smallest absolute Gasteiger partial charge is 0.156 e. The number of aromatic amines is 1. The number of nitrogens with zero attached hydrogens (tertiary/aromatic N) is 4. The average molecular weight is 396 g/mol. The van der Waals surface area contributed by atoms with Crippen LogP contribution in [0.2, 0.25) is 0 Å². The van der Waals surface area contributed by atoms with Crippen LogP contribution >= 0.6 is 12.4 Å². The number of hydrogen-bond donors (Lipinski definition) is 1. The van der Waals surface area contributed by atoms with Crippen molar-refractivity contribution in [3.63, 3.8) is 0 Å². The molecule has 1 aliphatic rings. The van der Waals surface area contributed by atoms with Crippen molar-refractivity contribution in [2.45, 2.75) is 0 Å². The van der Waals surface area contributed by atoms with Gasteiger partial charge in [-0.25, -0.2) is 9.97 Å². The number of H-pyrrole nitrogens is 1. The number of aromatic nitrogens is 3. The molecule has 0 saturated carbocycles. The maximum atomic E-state index is 5.25. The maximum absolute atomic E-state index is 5.25. The van der Waals surface area contributed by atoms with Gasteiger partial charge in [-0.05, 0) is 30.3 Å². The summed E-state index contributed by atoms with van der Waals surface area (Å²) < 4.78 is 5.25. The molecule has 28 heavy (non-hydrogen) atoms. The maximum Gasteiger partial charge on any atom is 0.156 e. The molecular weight excluding hydrogens is 374 g/mol. The topological polar surface area (TPSA) is 57.3 Å². The van der Waals surface area contributed by atoms with Gasteiger partial charge in [-0.15, -0.1) is 12.4 Å². The lowest BCUT2D eigenvalue weighted by Crippen LogP contribution is -2.46. The average Bonchev–Trinajstić information content (AvgIpc) is 3.13. The monoisotopic (exact) mass is 395 g/mol.